The summed E-state index contributed by atoms with van der Waals surface area (Å²) >= 11 is 0. The van der Waals surface area contributed by atoms with Crippen LogP contribution < -0.4 is 14.7 Å². The minimum absolute atomic E-state index is 0.204. The highest BCUT2D eigenvalue weighted by Crippen LogP contribution is 2.43. The van der Waals surface area contributed by atoms with Crippen molar-refractivity contribution in [1.82, 2.24) is 0 Å². The van der Waals surface area contributed by atoms with Crippen LogP contribution in [0.1, 0.15) is 29.5 Å². The summed E-state index contributed by atoms with van der Waals surface area (Å²) in [4.78, 5) is 7.13. The van der Waals surface area contributed by atoms with Crippen LogP contribution in [0.25, 0.3) is 21.5 Å². The molecule has 0 spiro atoms. The largest absolute Gasteiger partial charge is 0.311 e. The van der Waals surface area contributed by atoms with Crippen LogP contribution in [-0.2, 0) is 6.42 Å². The molecule has 3 heteroatoms. The van der Waals surface area contributed by atoms with Crippen molar-refractivity contribution >= 4 is 67.0 Å². The van der Waals surface area contributed by atoms with E-state index in [1.54, 1.807) is 0 Å². The molecule has 346 valence electrons. The first-order chi connectivity index (χ1) is 35.6. The van der Waals surface area contributed by atoms with Crippen molar-refractivity contribution in [2.24, 2.45) is 11.8 Å². The zero-order chi connectivity index (χ0) is 48.2. The molecule has 2 aliphatic rings. The number of para-hydroxylation sites is 2. The Hall–Kier alpha value is -8.92. The second kappa shape index (κ2) is 19.8. The summed E-state index contributed by atoms with van der Waals surface area (Å²) in [6.07, 6.45) is 14.6. The third-order valence-electron chi connectivity index (χ3n) is 14.4. The summed E-state index contributed by atoms with van der Waals surface area (Å²) in [5.74, 6) is 0.957. The fraction of sp³-hybridized carbons (Fsp3) is 0.0725. The number of nitrogens with zero attached hydrogens (tertiary/aromatic N) is 3. The lowest BCUT2D eigenvalue weighted by Gasteiger charge is -2.34. The van der Waals surface area contributed by atoms with Crippen molar-refractivity contribution in [3.63, 3.8) is 0 Å². The maximum atomic E-state index is 2.42. The number of hydrogen-bond donors (Lipinski definition) is 0. The molecule has 10 aromatic rings. The number of rotatable bonds is 13. The molecule has 0 saturated carbocycles. The van der Waals surface area contributed by atoms with Crippen LogP contribution in [0.4, 0.5) is 45.5 Å². The number of allylic oxidation sites excluding steroid dienone is 7. The smallest absolute Gasteiger partial charge is 0.0468 e. The molecule has 0 radical (unpaired) electrons. The van der Waals surface area contributed by atoms with Crippen LogP contribution in [0.15, 0.2) is 296 Å². The molecule has 0 saturated heterocycles. The zero-order valence-corrected chi connectivity index (χ0v) is 40.4. The highest BCUT2D eigenvalue weighted by molar-refractivity contribution is 5.90. The number of hydrogen-bond acceptors (Lipinski definition) is 3. The van der Waals surface area contributed by atoms with Crippen molar-refractivity contribution in [1.29, 1.82) is 0 Å². The standard InChI is InChI=1S/C69H55N3/c1-50-45-67(49-57-23-15-16-28-68(50)57)72(60-26-9-4-10-27-60)65-43-39-63(40-44-65)70(62-37-41-64(42-38-62)71(59-24-7-3-8-25-59)66-36-33-53-18-12-14-22-56(53)48-66)61-34-29-51(30-35-61)46-69(54-19-5-2-6-20-54)58-32-31-52-17-11-13-21-55(52)47-58/h2-45,47-50,68-69H,46H2,1H3. The highest BCUT2D eigenvalue weighted by Gasteiger charge is 2.26. The summed E-state index contributed by atoms with van der Waals surface area (Å²) in [5.41, 5.74) is 15.2. The first kappa shape index (κ1) is 44.3. The Morgan fingerprint density at radius 2 is 0.819 bits per heavy atom. The predicted molar refractivity (Wildman–Crippen MR) is 305 cm³/mol. The van der Waals surface area contributed by atoms with Gasteiger partial charge in [-0.1, -0.05) is 189 Å². The van der Waals surface area contributed by atoms with Gasteiger partial charge in [-0.05, 0) is 159 Å². The van der Waals surface area contributed by atoms with Crippen molar-refractivity contribution in [3.8, 4) is 0 Å². The highest BCUT2D eigenvalue weighted by atomic mass is 15.2. The van der Waals surface area contributed by atoms with E-state index in [-0.39, 0.29) is 5.92 Å². The second-order valence-corrected chi connectivity index (χ2v) is 19.0. The molecule has 0 N–H and O–H groups in total. The first-order valence-electron chi connectivity index (χ1n) is 25.2. The predicted octanol–water partition coefficient (Wildman–Crippen LogP) is 18.6. The van der Waals surface area contributed by atoms with Gasteiger partial charge in [-0.15, -0.1) is 0 Å². The summed E-state index contributed by atoms with van der Waals surface area (Å²) in [6, 6.07) is 90.6. The van der Waals surface area contributed by atoms with E-state index in [1.165, 1.54) is 49.5 Å². The quantitative estimate of drug-likeness (QED) is 0.114. The summed E-state index contributed by atoms with van der Waals surface area (Å²) < 4.78 is 0. The molecule has 0 heterocycles. The molecule has 0 aromatic heterocycles. The normalized spacial score (nSPS) is 15.3. The summed E-state index contributed by atoms with van der Waals surface area (Å²) in [5, 5.41) is 4.97. The third kappa shape index (κ3) is 9.05. The van der Waals surface area contributed by atoms with E-state index in [1.807, 2.05) is 0 Å². The average Bonchev–Trinajstić information content (AvgIpc) is 3.44. The Morgan fingerprint density at radius 1 is 0.375 bits per heavy atom. The van der Waals surface area contributed by atoms with Crippen LogP contribution in [0, 0.1) is 11.8 Å². The van der Waals surface area contributed by atoms with E-state index < -0.39 is 0 Å². The van der Waals surface area contributed by atoms with Crippen LogP contribution in [0.2, 0.25) is 0 Å². The maximum Gasteiger partial charge on any atom is 0.0468 e. The second-order valence-electron chi connectivity index (χ2n) is 19.0. The minimum atomic E-state index is 0.204. The first-order valence-corrected chi connectivity index (χ1v) is 25.2. The summed E-state index contributed by atoms with van der Waals surface area (Å²) in [6.45, 7) is 2.33. The average molecular weight is 926 g/mol. The van der Waals surface area contributed by atoms with Crippen molar-refractivity contribution in [2.75, 3.05) is 14.7 Å². The lowest BCUT2D eigenvalue weighted by molar-refractivity contribution is 0.576. The molecule has 12 rings (SSSR count). The van der Waals surface area contributed by atoms with Crippen LogP contribution >= 0.6 is 0 Å². The summed E-state index contributed by atoms with van der Waals surface area (Å²) in [7, 11) is 0. The molecule has 72 heavy (non-hydrogen) atoms. The molecule has 2 aliphatic carbocycles. The van der Waals surface area contributed by atoms with Gasteiger partial charge in [0.25, 0.3) is 0 Å². The van der Waals surface area contributed by atoms with Gasteiger partial charge in [0.1, 0.15) is 0 Å². The van der Waals surface area contributed by atoms with E-state index in [9.17, 15) is 0 Å². The molecule has 3 nitrogen and oxygen atoms in total. The van der Waals surface area contributed by atoms with Crippen LogP contribution in [-0.4, -0.2) is 0 Å². The van der Waals surface area contributed by atoms with Crippen LogP contribution in [0.3, 0.4) is 0 Å². The topological polar surface area (TPSA) is 9.72 Å². The van der Waals surface area contributed by atoms with Gasteiger partial charge in [0.15, 0.2) is 0 Å². The van der Waals surface area contributed by atoms with Gasteiger partial charge in [-0.3, -0.25) is 0 Å². The maximum absolute atomic E-state index is 2.42. The van der Waals surface area contributed by atoms with Gasteiger partial charge in [-0.25, -0.2) is 0 Å². The monoisotopic (exact) mass is 925 g/mol. The van der Waals surface area contributed by atoms with Crippen molar-refractivity contribution < 1.29 is 0 Å². The van der Waals surface area contributed by atoms with Crippen LogP contribution in [0.5, 0.6) is 0 Å². The Labute approximate surface area is 423 Å². The zero-order valence-electron chi connectivity index (χ0n) is 40.4. The van der Waals surface area contributed by atoms with Gasteiger partial charge in [0.05, 0.1) is 0 Å². The minimum Gasteiger partial charge on any atom is -0.311 e. The molecule has 3 atom stereocenters. The van der Waals surface area contributed by atoms with E-state index in [2.05, 4.69) is 307 Å². The molecule has 0 aliphatic heterocycles. The molecule has 0 bridgehead atoms. The lowest BCUT2D eigenvalue weighted by Crippen LogP contribution is -2.23. The van der Waals surface area contributed by atoms with Gasteiger partial charge >= 0.3 is 0 Å². The Kier molecular flexibility index (Phi) is 12.2. The molecule has 0 fully saturated rings. The molecule has 10 aromatic carbocycles. The fourth-order valence-corrected chi connectivity index (χ4v) is 10.8. The van der Waals surface area contributed by atoms with Gasteiger partial charge < -0.3 is 14.7 Å². The van der Waals surface area contributed by atoms with E-state index in [4.69, 9.17) is 0 Å². The molecule has 3 unspecified atom stereocenters. The number of fused-ring (bicyclic) bond motifs is 3. The molecular formula is C69H55N3. The lowest BCUT2D eigenvalue weighted by atomic mass is 9.80. The SMILES string of the molecule is CC1C=C(N(c2ccccc2)c2ccc(N(c3ccc(CC(c4ccccc4)c4ccc5ccccc5c4)cc3)c3ccc(N(c4ccccc4)c4ccc5ccccc5c4)cc3)cc2)C=C2C=CC=CC21. The fourth-order valence-electron chi connectivity index (χ4n) is 10.8. The van der Waals surface area contributed by atoms with E-state index in [0.29, 0.717) is 11.8 Å². The Morgan fingerprint density at radius 3 is 1.42 bits per heavy atom. The Balaban J connectivity index is 0.927. The molecular weight excluding hydrogens is 871 g/mol. The number of benzene rings is 10. The van der Waals surface area contributed by atoms with E-state index >= 15 is 0 Å². The van der Waals surface area contributed by atoms with Gasteiger partial charge in [0, 0.05) is 63.0 Å². The van der Waals surface area contributed by atoms with Crippen molar-refractivity contribution in [3.05, 3.63) is 313 Å². The van der Waals surface area contributed by atoms with Gasteiger partial charge in [0.2, 0.25) is 0 Å². The number of anilines is 8. The van der Waals surface area contributed by atoms with E-state index in [0.717, 1.165) is 51.9 Å². The molecule has 0 amide bonds. The van der Waals surface area contributed by atoms with Crippen molar-refractivity contribution in [2.45, 2.75) is 19.3 Å². The third-order valence-corrected chi connectivity index (χ3v) is 14.4. The Bertz CT molecular complexity index is 3610. The van der Waals surface area contributed by atoms with Gasteiger partial charge in [-0.2, -0.15) is 0 Å².